The van der Waals surface area contributed by atoms with Gasteiger partial charge in [0.25, 0.3) is 0 Å². The molecule has 1 saturated heterocycles. The third kappa shape index (κ3) is 4.84. The second-order valence-electron chi connectivity index (χ2n) is 8.14. The van der Waals surface area contributed by atoms with Crippen molar-refractivity contribution in [3.63, 3.8) is 0 Å². The van der Waals surface area contributed by atoms with E-state index in [9.17, 15) is 14.4 Å². The number of amides is 1. The summed E-state index contributed by atoms with van der Waals surface area (Å²) in [6.45, 7) is 13.6. The standard InChI is InChI=1S/C21H20BrClFN5O2/c1-21(2,3)31-20(30)29-6-5-28(11-12(29)10-26-4)18-13-7-16(24)15(22)8-17(13)27-19(23)14(18)9-25/h7-8,12H,5-6,10-11H2,1-3H3/t12-/m0/s1. The number of piperazine rings is 1. The summed E-state index contributed by atoms with van der Waals surface area (Å²) in [6.07, 6.45) is -0.492. The number of hydrogen-bond donors (Lipinski definition) is 0. The largest absolute Gasteiger partial charge is 0.444 e. The Morgan fingerprint density at radius 3 is 2.81 bits per heavy atom. The van der Waals surface area contributed by atoms with Crippen LogP contribution in [0.3, 0.4) is 0 Å². The molecular formula is C21H20BrClFN5O2. The maximum Gasteiger partial charge on any atom is 0.410 e. The van der Waals surface area contributed by atoms with Gasteiger partial charge in [-0.25, -0.2) is 20.7 Å². The molecule has 2 aromatic rings. The van der Waals surface area contributed by atoms with Crippen LogP contribution in [0, 0.1) is 23.7 Å². The van der Waals surface area contributed by atoms with Crippen molar-refractivity contribution in [1.29, 1.82) is 5.26 Å². The van der Waals surface area contributed by atoms with Crippen molar-refractivity contribution in [2.75, 3.05) is 31.1 Å². The first-order valence-electron chi connectivity index (χ1n) is 9.52. The molecule has 1 fully saturated rings. The van der Waals surface area contributed by atoms with Crippen LogP contribution < -0.4 is 4.90 Å². The van der Waals surface area contributed by atoms with Gasteiger partial charge >= 0.3 is 6.09 Å². The van der Waals surface area contributed by atoms with E-state index in [1.807, 2.05) is 4.90 Å². The number of rotatable bonds is 2. The number of carbonyl (C=O) groups excluding carboxylic acids is 1. The quantitative estimate of drug-likeness (QED) is 0.421. The smallest absolute Gasteiger partial charge is 0.410 e. The molecule has 162 valence electrons. The predicted molar refractivity (Wildman–Crippen MR) is 120 cm³/mol. The number of nitriles is 1. The molecule has 0 aliphatic carbocycles. The highest BCUT2D eigenvalue weighted by atomic mass is 79.9. The number of halogens is 3. The summed E-state index contributed by atoms with van der Waals surface area (Å²) >= 11 is 9.41. The summed E-state index contributed by atoms with van der Waals surface area (Å²) in [7, 11) is 0. The normalized spacial score (nSPS) is 16.7. The van der Waals surface area contributed by atoms with Crippen molar-refractivity contribution in [3.8, 4) is 6.07 Å². The zero-order valence-electron chi connectivity index (χ0n) is 17.2. The molecule has 0 bridgehead atoms. The molecule has 0 radical (unpaired) electrons. The van der Waals surface area contributed by atoms with Crippen molar-refractivity contribution < 1.29 is 13.9 Å². The summed E-state index contributed by atoms with van der Waals surface area (Å²) in [5.41, 5.74) is 0.347. The minimum absolute atomic E-state index is 0.0137. The third-order valence-corrected chi connectivity index (χ3v) is 5.68. The number of hydrogen-bond acceptors (Lipinski definition) is 5. The van der Waals surface area contributed by atoms with Crippen LogP contribution in [0.5, 0.6) is 0 Å². The molecule has 1 aromatic carbocycles. The minimum atomic E-state index is -0.662. The summed E-state index contributed by atoms with van der Waals surface area (Å²) < 4.78 is 20.1. The summed E-state index contributed by atoms with van der Waals surface area (Å²) in [5, 5.41) is 10.2. The van der Waals surface area contributed by atoms with Gasteiger partial charge in [0, 0.05) is 25.0 Å². The molecule has 0 unspecified atom stereocenters. The monoisotopic (exact) mass is 507 g/mol. The van der Waals surface area contributed by atoms with Gasteiger partial charge < -0.3 is 14.5 Å². The Morgan fingerprint density at radius 1 is 1.48 bits per heavy atom. The topological polar surface area (TPSA) is 73.8 Å². The molecule has 1 atom stereocenters. The number of benzene rings is 1. The van der Waals surface area contributed by atoms with Gasteiger partial charge in [-0.1, -0.05) is 11.6 Å². The van der Waals surface area contributed by atoms with Crippen LogP contribution in [0.4, 0.5) is 14.9 Å². The molecule has 2 heterocycles. The van der Waals surface area contributed by atoms with Crippen molar-refractivity contribution in [2.45, 2.75) is 32.4 Å². The summed E-state index contributed by atoms with van der Waals surface area (Å²) in [6, 6.07) is 4.42. The van der Waals surface area contributed by atoms with Crippen molar-refractivity contribution >= 4 is 50.2 Å². The van der Waals surface area contributed by atoms with Crippen molar-refractivity contribution in [2.24, 2.45) is 0 Å². The lowest BCUT2D eigenvalue weighted by molar-refractivity contribution is 0.0156. The highest BCUT2D eigenvalue weighted by Crippen LogP contribution is 2.37. The van der Waals surface area contributed by atoms with E-state index in [1.165, 1.54) is 17.0 Å². The molecule has 0 spiro atoms. The molecule has 1 aliphatic rings. The lowest BCUT2D eigenvalue weighted by Gasteiger charge is -2.41. The number of fused-ring (bicyclic) bond motifs is 1. The number of carbonyl (C=O) groups is 1. The highest BCUT2D eigenvalue weighted by Gasteiger charge is 2.36. The first-order chi connectivity index (χ1) is 14.6. The van der Waals surface area contributed by atoms with E-state index >= 15 is 0 Å². The molecule has 3 rings (SSSR count). The van der Waals surface area contributed by atoms with Gasteiger partial charge in [0.2, 0.25) is 6.54 Å². The number of aromatic nitrogens is 1. The molecule has 31 heavy (non-hydrogen) atoms. The second-order valence-corrected chi connectivity index (χ2v) is 9.35. The fourth-order valence-electron chi connectivity index (χ4n) is 3.52. The first-order valence-corrected chi connectivity index (χ1v) is 10.7. The van der Waals surface area contributed by atoms with Crippen LogP contribution >= 0.6 is 27.5 Å². The molecule has 1 aliphatic heterocycles. The Labute approximate surface area is 193 Å². The van der Waals surface area contributed by atoms with E-state index in [0.29, 0.717) is 23.1 Å². The Kier molecular flexibility index (Phi) is 6.59. The Morgan fingerprint density at radius 2 is 2.19 bits per heavy atom. The SMILES string of the molecule is [C-]#[N+]C[C@H]1CN(c2c(C#N)c(Cl)nc3cc(Br)c(F)cc23)CCN1C(=O)OC(C)(C)C. The van der Waals surface area contributed by atoms with E-state index in [2.05, 4.69) is 31.8 Å². The third-order valence-electron chi connectivity index (χ3n) is 4.80. The minimum Gasteiger partial charge on any atom is -0.444 e. The number of ether oxygens (including phenoxy) is 1. The zero-order valence-corrected chi connectivity index (χ0v) is 19.6. The van der Waals surface area contributed by atoms with Crippen molar-refractivity contribution in [3.05, 3.63) is 44.6 Å². The Bertz CT molecular complexity index is 1120. The zero-order chi connectivity index (χ0) is 22.9. The molecule has 0 saturated carbocycles. The Hall–Kier alpha value is -2.62. The highest BCUT2D eigenvalue weighted by molar-refractivity contribution is 9.10. The van der Waals surface area contributed by atoms with Crippen LogP contribution in [-0.4, -0.2) is 53.8 Å². The van der Waals surface area contributed by atoms with Gasteiger partial charge in [-0.15, -0.1) is 0 Å². The first kappa shape index (κ1) is 23.1. The predicted octanol–water partition coefficient (Wildman–Crippen LogP) is 5.01. The van der Waals surface area contributed by atoms with E-state index < -0.39 is 23.6 Å². The average Bonchev–Trinajstić information content (AvgIpc) is 2.67. The van der Waals surface area contributed by atoms with E-state index in [0.717, 1.165) is 0 Å². The van der Waals surface area contributed by atoms with Gasteiger partial charge in [-0.05, 0) is 48.8 Å². The van der Waals surface area contributed by atoms with Crippen LogP contribution in [0.2, 0.25) is 5.15 Å². The van der Waals surface area contributed by atoms with Crippen LogP contribution in [0.25, 0.3) is 15.7 Å². The lowest BCUT2D eigenvalue weighted by atomic mass is 10.1. The van der Waals surface area contributed by atoms with Crippen LogP contribution in [0.1, 0.15) is 26.3 Å². The summed E-state index contributed by atoms with van der Waals surface area (Å²) in [5.74, 6) is -0.494. The lowest BCUT2D eigenvalue weighted by Crippen LogP contribution is -2.57. The fourth-order valence-corrected chi connectivity index (χ4v) is 4.08. The molecule has 7 nitrogen and oxygen atoms in total. The fraction of sp³-hybridized carbons (Fsp3) is 0.429. The second kappa shape index (κ2) is 8.86. The van der Waals surface area contributed by atoms with Gasteiger partial charge in [0.05, 0.1) is 15.7 Å². The van der Waals surface area contributed by atoms with Gasteiger partial charge in [0.15, 0.2) is 0 Å². The molecule has 1 aromatic heterocycles. The van der Waals surface area contributed by atoms with Crippen LogP contribution in [0.15, 0.2) is 16.6 Å². The number of nitrogens with zero attached hydrogens (tertiary/aromatic N) is 5. The van der Waals surface area contributed by atoms with Gasteiger partial charge in [-0.3, -0.25) is 4.90 Å². The van der Waals surface area contributed by atoms with Gasteiger partial charge in [-0.2, -0.15) is 5.26 Å². The molecule has 10 heteroatoms. The van der Waals surface area contributed by atoms with Crippen LogP contribution in [-0.2, 0) is 4.74 Å². The van der Waals surface area contributed by atoms with Gasteiger partial charge in [0.1, 0.15) is 34.2 Å². The molecule has 1 amide bonds. The van der Waals surface area contributed by atoms with E-state index in [1.54, 1.807) is 20.8 Å². The molecular weight excluding hydrogens is 489 g/mol. The van der Waals surface area contributed by atoms with E-state index in [4.69, 9.17) is 22.9 Å². The molecule has 0 N–H and O–H groups in total. The van der Waals surface area contributed by atoms with E-state index in [-0.39, 0.29) is 34.8 Å². The maximum atomic E-state index is 14.3. The average molecular weight is 509 g/mol. The number of pyridine rings is 1. The maximum absolute atomic E-state index is 14.3. The summed E-state index contributed by atoms with van der Waals surface area (Å²) in [4.78, 5) is 23.8. The van der Waals surface area contributed by atoms with Crippen molar-refractivity contribution in [1.82, 2.24) is 9.88 Å². The number of anilines is 1. The Balaban J connectivity index is 2.04.